The van der Waals surface area contributed by atoms with Crippen molar-refractivity contribution in [3.63, 3.8) is 0 Å². The third-order valence-electron chi connectivity index (χ3n) is 4.48. The number of anilines is 2. The molecule has 0 radical (unpaired) electrons. The summed E-state index contributed by atoms with van der Waals surface area (Å²) in [7, 11) is 2.18. The van der Waals surface area contributed by atoms with Crippen LogP contribution in [-0.2, 0) is 9.59 Å². The topological polar surface area (TPSA) is 105 Å². The van der Waals surface area contributed by atoms with E-state index in [1.54, 1.807) is 11.3 Å². The number of hydrogen-bond acceptors (Lipinski definition) is 7. The summed E-state index contributed by atoms with van der Waals surface area (Å²) >= 11 is 1.69. The van der Waals surface area contributed by atoms with Gasteiger partial charge < -0.3 is 25.3 Å². The molecule has 1 saturated heterocycles. The number of nitrogens with one attached hydrogen (secondary N) is 1. The molecule has 1 fully saturated rings. The molecule has 0 saturated carbocycles. The van der Waals surface area contributed by atoms with Crippen LogP contribution in [0.3, 0.4) is 0 Å². The Hall–Kier alpha value is -3.17. The van der Waals surface area contributed by atoms with Gasteiger partial charge in [-0.3, -0.25) is 0 Å². The number of benzene rings is 1. The number of aliphatic imine (C=N–C) groups is 1. The number of thiophene rings is 1. The Morgan fingerprint density at radius 1 is 1.03 bits per heavy atom. The fourth-order valence-electron chi connectivity index (χ4n) is 2.98. The third-order valence-corrected chi connectivity index (χ3v) is 5.21. The number of aliphatic carboxylic acids is 2. The Labute approximate surface area is 172 Å². The maximum absolute atomic E-state index is 9.55. The minimum Gasteiger partial charge on any atom is -0.478 e. The molecule has 0 bridgehead atoms. The van der Waals surface area contributed by atoms with Crippen molar-refractivity contribution in [1.82, 2.24) is 9.80 Å². The van der Waals surface area contributed by atoms with Gasteiger partial charge >= 0.3 is 11.9 Å². The molecule has 2 aliphatic heterocycles. The molecule has 0 unspecified atom stereocenters. The van der Waals surface area contributed by atoms with Crippen molar-refractivity contribution in [2.75, 3.05) is 38.5 Å². The summed E-state index contributed by atoms with van der Waals surface area (Å²) in [6, 6.07) is 8.46. The minimum absolute atomic E-state index is 0.558. The predicted molar refractivity (Wildman–Crippen MR) is 114 cm³/mol. The van der Waals surface area contributed by atoms with Gasteiger partial charge in [-0.2, -0.15) is 0 Å². The fraction of sp³-hybridized carbons (Fsp3) is 0.250. The Bertz CT molecular complexity index is 929. The molecule has 0 amide bonds. The van der Waals surface area contributed by atoms with Crippen molar-refractivity contribution in [3.8, 4) is 0 Å². The highest BCUT2D eigenvalue weighted by atomic mass is 32.1. The van der Waals surface area contributed by atoms with Crippen LogP contribution >= 0.6 is 11.3 Å². The van der Waals surface area contributed by atoms with Crippen LogP contribution in [0.1, 0.15) is 5.56 Å². The molecule has 29 heavy (non-hydrogen) atoms. The van der Waals surface area contributed by atoms with Gasteiger partial charge in [0, 0.05) is 60.3 Å². The molecule has 3 heterocycles. The molecule has 0 spiro atoms. The monoisotopic (exact) mass is 414 g/mol. The minimum atomic E-state index is -1.26. The Kier molecular flexibility index (Phi) is 6.63. The number of rotatable bonds is 2. The second-order valence-corrected chi connectivity index (χ2v) is 7.32. The van der Waals surface area contributed by atoms with Gasteiger partial charge in [-0.05, 0) is 19.2 Å². The first-order chi connectivity index (χ1) is 13.9. The van der Waals surface area contributed by atoms with Gasteiger partial charge in [-0.15, -0.1) is 11.3 Å². The SMILES string of the molecule is CN1CCN(C2=Nc3cscc3Nc3ccccc32)CC1.O=C(O)/C=C/C(=O)O. The number of nitrogens with zero attached hydrogens (tertiary/aromatic N) is 3. The molecule has 4 rings (SSSR count). The first-order valence-corrected chi connectivity index (χ1v) is 9.97. The van der Waals surface area contributed by atoms with E-state index in [-0.39, 0.29) is 0 Å². The zero-order valence-electron chi connectivity index (χ0n) is 15.9. The number of fused-ring (bicyclic) bond motifs is 2. The summed E-state index contributed by atoms with van der Waals surface area (Å²) in [5.74, 6) is -1.41. The van der Waals surface area contributed by atoms with Crippen molar-refractivity contribution >= 4 is 46.2 Å². The summed E-state index contributed by atoms with van der Waals surface area (Å²) in [6.45, 7) is 4.24. The molecular weight excluding hydrogens is 392 g/mol. The second kappa shape index (κ2) is 9.35. The Morgan fingerprint density at radius 3 is 2.34 bits per heavy atom. The van der Waals surface area contributed by atoms with E-state index in [1.165, 1.54) is 5.56 Å². The van der Waals surface area contributed by atoms with E-state index in [0.717, 1.165) is 49.1 Å². The number of carboxylic acid groups (broad SMARTS) is 2. The van der Waals surface area contributed by atoms with E-state index in [1.807, 2.05) is 0 Å². The van der Waals surface area contributed by atoms with Crippen LogP contribution in [0.2, 0.25) is 0 Å². The molecule has 0 atom stereocenters. The zero-order chi connectivity index (χ0) is 20.8. The largest absolute Gasteiger partial charge is 0.478 e. The number of hydrogen-bond donors (Lipinski definition) is 3. The van der Waals surface area contributed by atoms with Crippen molar-refractivity contribution in [2.45, 2.75) is 0 Å². The summed E-state index contributed by atoms with van der Waals surface area (Å²) in [6.07, 6.45) is 1.12. The highest BCUT2D eigenvalue weighted by molar-refractivity contribution is 7.08. The number of carboxylic acids is 2. The quantitative estimate of drug-likeness (QED) is 0.649. The van der Waals surface area contributed by atoms with Crippen LogP contribution in [0.4, 0.5) is 17.1 Å². The lowest BCUT2D eigenvalue weighted by Gasteiger charge is -2.34. The molecule has 152 valence electrons. The molecule has 1 aromatic carbocycles. The summed E-state index contributed by atoms with van der Waals surface area (Å²) < 4.78 is 0. The normalized spacial score (nSPS) is 15.9. The van der Waals surface area contributed by atoms with Crippen LogP contribution in [0, 0.1) is 0 Å². The summed E-state index contributed by atoms with van der Waals surface area (Å²) in [4.78, 5) is 28.8. The number of likely N-dealkylation sites (N-methyl/N-ethyl adjacent to an activating group) is 1. The van der Waals surface area contributed by atoms with Gasteiger partial charge in [0.25, 0.3) is 0 Å². The van der Waals surface area contributed by atoms with Crippen molar-refractivity contribution < 1.29 is 19.8 Å². The highest BCUT2D eigenvalue weighted by Crippen LogP contribution is 2.37. The molecule has 8 nitrogen and oxygen atoms in total. The average Bonchev–Trinajstić information content (AvgIpc) is 3.07. The average molecular weight is 414 g/mol. The molecule has 3 N–H and O–H groups in total. The van der Waals surface area contributed by atoms with Gasteiger partial charge in [0.1, 0.15) is 5.84 Å². The first kappa shape index (κ1) is 20.6. The lowest BCUT2D eigenvalue weighted by Crippen LogP contribution is -2.47. The van der Waals surface area contributed by atoms with Crippen LogP contribution in [0.15, 0.2) is 52.2 Å². The standard InChI is InChI=1S/C16H18N4S.C4H4O4/c1-19-6-8-20(9-7-19)16-12-4-2-3-5-13(12)17-14-10-21-11-15(14)18-16;5-3(6)1-2-4(7)8/h2-5,10-11,17H,6-9H2,1H3;1-2H,(H,5,6)(H,7,8)/b;2-1+. The Morgan fingerprint density at radius 2 is 1.69 bits per heavy atom. The van der Waals surface area contributed by atoms with Crippen LogP contribution in [0.25, 0.3) is 0 Å². The molecule has 0 aliphatic carbocycles. The maximum Gasteiger partial charge on any atom is 0.328 e. The van der Waals surface area contributed by atoms with Crippen molar-refractivity contribution in [2.24, 2.45) is 4.99 Å². The van der Waals surface area contributed by atoms with E-state index in [0.29, 0.717) is 12.2 Å². The first-order valence-electron chi connectivity index (χ1n) is 9.03. The van der Waals surface area contributed by atoms with Crippen molar-refractivity contribution in [3.05, 3.63) is 52.7 Å². The van der Waals surface area contributed by atoms with Gasteiger partial charge in [0.15, 0.2) is 0 Å². The number of amidine groups is 1. The van der Waals surface area contributed by atoms with Gasteiger partial charge in [-0.25, -0.2) is 14.6 Å². The lowest BCUT2D eigenvalue weighted by atomic mass is 10.1. The van der Waals surface area contributed by atoms with E-state index in [9.17, 15) is 9.59 Å². The number of para-hydroxylation sites is 1. The maximum atomic E-state index is 9.55. The number of carbonyl (C=O) groups is 2. The van der Waals surface area contributed by atoms with Crippen LogP contribution in [0.5, 0.6) is 0 Å². The van der Waals surface area contributed by atoms with Gasteiger partial charge in [0.05, 0.1) is 11.4 Å². The molecule has 2 aromatic rings. The Balaban J connectivity index is 0.000000258. The van der Waals surface area contributed by atoms with E-state index in [4.69, 9.17) is 15.2 Å². The molecule has 9 heteroatoms. The van der Waals surface area contributed by atoms with E-state index >= 15 is 0 Å². The van der Waals surface area contributed by atoms with Gasteiger partial charge in [0.2, 0.25) is 0 Å². The fourth-order valence-corrected chi connectivity index (χ4v) is 3.67. The second-order valence-electron chi connectivity index (χ2n) is 6.58. The van der Waals surface area contributed by atoms with Crippen molar-refractivity contribution in [1.29, 1.82) is 0 Å². The number of piperazine rings is 1. The molecule has 1 aromatic heterocycles. The van der Waals surface area contributed by atoms with E-state index < -0.39 is 11.9 Å². The third kappa shape index (κ3) is 5.43. The van der Waals surface area contributed by atoms with E-state index in [2.05, 4.69) is 57.2 Å². The molecule has 2 aliphatic rings. The summed E-state index contributed by atoms with van der Waals surface area (Å²) in [5, 5.41) is 23.4. The summed E-state index contributed by atoms with van der Waals surface area (Å²) in [5.41, 5.74) is 4.50. The van der Waals surface area contributed by atoms with Crippen LogP contribution in [-0.4, -0.2) is 71.0 Å². The van der Waals surface area contributed by atoms with Gasteiger partial charge in [-0.1, -0.05) is 12.1 Å². The predicted octanol–water partition coefficient (Wildman–Crippen LogP) is 2.84. The zero-order valence-corrected chi connectivity index (χ0v) is 16.7. The smallest absolute Gasteiger partial charge is 0.328 e. The molecular formula is C20H22N4O4S. The highest BCUT2D eigenvalue weighted by Gasteiger charge is 2.23. The van der Waals surface area contributed by atoms with Crippen LogP contribution < -0.4 is 5.32 Å². The lowest BCUT2D eigenvalue weighted by molar-refractivity contribution is -0.134.